The van der Waals surface area contributed by atoms with E-state index in [0.717, 1.165) is 53.2 Å². The van der Waals surface area contributed by atoms with Crippen LogP contribution in [0.4, 0.5) is 0 Å². The summed E-state index contributed by atoms with van der Waals surface area (Å²) in [5, 5.41) is 13.4. The van der Waals surface area contributed by atoms with Crippen molar-refractivity contribution >= 4 is 17.3 Å². The summed E-state index contributed by atoms with van der Waals surface area (Å²) >= 11 is 6.46. The van der Waals surface area contributed by atoms with Gasteiger partial charge in [0.05, 0.1) is 18.0 Å². The number of nitrogens with zero attached hydrogens (tertiary/aromatic N) is 4. The van der Waals surface area contributed by atoms with Crippen molar-refractivity contribution in [1.82, 2.24) is 4.98 Å². The molecule has 2 aliphatic carbocycles. The Bertz CT molecular complexity index is 1040. The monoisotopic (exact) mass is 436 g/mol. The molecule has 1 aromatic carbocycles. The van der Waals surface area contributed by atoms with Crippen molar-refractivity contribution in [2.45, 2.75) is 63.2 Å². The van der Waals surface area contributed by atoms with Gasteiger partial charge in [0, 0.05) is 28.8 Å². The lowest BCUT2D eigenvalue weighted by Crippen LogP contribution is -2.33. The Morgan fingerprint density at radius 3 is 2.61 bits per heavy atom. The highest BCUT2D eigenvalue weighted by Crippen LogP contribution is 2.46. The third-order valence-corrected chi connectivity index (χ3v) is 7.29. The fourth-order valence-electron chi connectivity index (χ4n) is 5.67. The van der Waals surface area contributed by atoms with Gasteiger partial charge in [-0.25, -0.2) is 0 Å². The number of halogens is 1. The predicted octanol–water partition coefficient (Wildman–Crippen LogP) is 6.30. The number of hydrogen-bond acceptors (Lipinski definition) is 5. The summed E-state index contributed by atoms with van der Waals surface area (Å²) in [6.45, 7) is 1.19. The molecule has 1 aromatic heterocycles. The van der Waals surface area contributed by atoms with E-state index >= 15 is 0 Å². The molecule has 5 nitrogen and oxygen atoms in total. The van der Waals surface area contributed by atoms with Crippen LogP contribution >= 0.6 is 11.6 Å². The van der Waals surface area contributed by atoms with E-state index in [2.05, 4.69) is 27.6 Å². The first kappa shape index (κ1) is 20.8. The molecular weight excluding hydrogens is 408 g/mol. The van der Waals surface area contributed by atoms with E-state index in [1.54, 1.807) is 7.11 Å². The first-order chi connectivity index (χ1) is 15.2. The fourth-order valence-corrected chi connectivity index (χ4v) is 5.86. The van der Waals surface area contributed by atoms with E-state index < -0.39 is 0 Å². The number of methoxy groups -OCH3 is 1. The van der Waals surface area contributed by atoms with Crippen LogP contribution in [0.3, 0.4) is 0 Å². The molecule has 0 unspecified atom stereocenters. The second-order valence-corrected chi connectivity index (χ2v) is 9.50. The number of hydrogen-bond donors (Lipinski definition) is 0. The molecule has 0 amide bonds. The van der Waals surface area contributed by atoms with Crippen molar-refractivity contribution < 1.29 is 4.74 Å². The van der Waals surface area contributed by atoms with Crippen molar-refractivity contribution in [3.05, 3.63) is 51.8 Å². The van der Waals surface area contributed by atoms with Gasteiger partial charge in [-0.05, 0) is 72.6 Å². The number of benzene rings is 1. The topological polar surface area (TPSA) is 59.2 Å². The molecule has 0 bridgehead atoms. The fraction of sp³-hybridized carbons (Fsp3) is 0.520. The largest absolute Gasteiger partial charge is 0.384 e. The van der Waals surface area contributed by atoms with Crippen LogP contribution in [0.2, 0.25) is 5.02 Å². The molecule has 6 heteroatoms. The quantitative estimate of drug-likeness (QED) is 0.516. The van der Waals surface area contributed by atoms with E-state index in [9.17, 15) is 0 Å². The Morgan fingerprint density at radius 1 is 1.03 bits per heavy atom. The zero-order valence-electron chi connectivity index (χ0n) is 18.2. The molecule has 2 aromatic rings. The number of pyridine rings is 1. The summed E-state index contributed by atoms with van der Waals surface area (Å²) < 4.78 is 5.79. The molecule has 31 heavy (non-hydrogen) atoms. The number of aromatic nitrogens is 1. The first-order valence-electron chi connectivity index (χ1n) is 11.5. The van der Waals surface area contributed by atoms with Crippen molar-refractivity contribution in [2.24, 2.45) is 15.4 Å². The maximum absolute atomic E-state index is 6.46. The summed E-state index contributed by atoms with van der Waals surface area (Å²) in [7, 11) is 1.80. The van der Waals surface area contributed by atoms with Crippen molar-refractivity contribution in [3.8, 4) is 11.1 Å². The van der Waals surface area contributed by atoms with Crippen LogP contribution < -0.4 is 0 Å². The molecule has 0 N–H and O–H groups in total. The van der Waals surface area contributed by atoms with Crippen LogP contribution in [-0.2, 0) is 23.0 Å². The maximum Gasteiger partial charge on any atom is 0.107 e. The molecule has 0 atom stereocenters. The maximum atomic E-state index is 6.46. The molecule has 0 radical (unpaired) electrons. The molecule has 5 rings (SSSR count). The summed E-state index contributed by atoms with van der Waals surface area (Å²) in [5.41, 5.74) is 8.12. The number of ether oxygens (including phenoxy) is 1. The van der Waals surface area contributed by atoms with Crippen LogP contribution in [0.15, 0.2) is 39.7 Å². The standard InChI is InChI=1S/C25H29ClN4O/c1-31-16-25(12-5-6-13-25)24-23(21-15-27-30-29-21)22(17-8-7-9-18(26)14-17)19-10-3-2-4-11-20(19)28-24/h7-9,14H,2-6,10-13,15-16H2,1H3. The highest BCUT2D eigenvalue weighted by atomic mass is 35.5. The minimum absolute atomic E-state index is 0.0795. The minimum Gasteiger partial charge on any atom is -0.384 e. The molecule has 162 valence electrons. The van der Waals surface area contributed by atoms with Gasteiger partial charge in [0.25, 0.3) is 0 Å². The Kier molecular flexibility index (Phi) is 5.89. The van der Waals surface area contributed by atoms with Crippen LogP contribution in [0.5, 0.6) is 0 Å². The SMILES string of the molecule is COCC1(c2nc3c(c(-c4cccc(Cl)c4)c2C2=NN=NC2)CCCCC3)CCCC1. The highest BCUT2D eigenvalue weighted by Gasteiger charge is 2.42. The lowest BCUT2D eigenvalue weighted by atomic mass is 9.76. The zero-order valence-corrected chi connectivity index (χ0v) is 18.9. The van der Waals surface area contributed by atoms with Gasteiger partial charge in [-0.1, -0.05) is 43.0 Å². The average Bonchev–Trinajstić information content (AvgIpc) is 3.42. The Balaban J connectivity index is 1.84. The van der Waals surface area contributed by atoms with Crippen molar-refractivity contribution in [3.63, 3.8) is 0 Å². The number of rotatable bonds is 5. The third kappa shape index (κ3) is 3.83. The first-order valence-corrected chi connectivity index (χ1v) is 11.8. The van der Waals surface area contributed by atoms with Crippen LogP contribution in [0, 0.1) is 0 Å². The predicted molar refractivity (Wildman–Crippen MR) is 124 cm³/mol. The van der Waals surface area contributed by atoms with Gasteiger partial charge < -0.3 is 4.74 Å². The normalized spacial score (nSPS) is 19.9. The third-order valence-electron chi connectivity index (χ3n) is 7.06. The Morgan fingerprint density at radius 2 is 1.87 bits per heavy atom. The van der Waals surface area contributed by atoms with E-state index in [4.69, 9.17) is 21.3 Å². The number of fused-ring (bicyclic) bond motifs is 1. The van der Waals surface area contributed by atoms with Crippen LogP contribution in [-0.4, -0.2) is 31.0 Å². The Labute approximate surface area is 189 Å². The average molecular weight is 437 g/mol. The van der Waals surface area contributed by atoms with Crippen LogP contribution in [0.25, 0.3) is 11.1 Å². The lowest BCUT2D eigenvalue weighted by molar-refractivity contribution is 0.129. The van der Waals surface area contributed by atoms with E-state index in [1.165, 1.54) is 48.9 Å². The molecule has 0 spiro atoms. The minimum atomic E-state index is -0.0795. The van der Waals surface area contributed by atoms with Gasteiger partial charge in [-0.3, -0.25) is 4.98 Å². The van der Waals surface area contributed by atoms with Gasteiger partial charge in [-0.15, -0.1) is 5.10 Å². The lowest BCUT2D eigenvalue weighted by Gasteiger charge is -2.32. The van der Waals surface area contributed by atoms with E-state index in [-0.39, 0.29) is 5.41 Å². The molecule has 1 aliphatic heterocycles. The van der Waals surface area contributed by atoms with E-state index in [1.807, 2.05) is 12.1 Å². The Hall–Kier alpha value is -2.11. The highest BCUT2D eigenvalue weighted by molar-refractivity contribution is 6.31. The van der Waals surface area contributed by atoms with Gasteiger partial charge in [0.1, 0.15) is 6.54 Å². The summed E-state index contributed by atoms with van der Waals surface area (Å²) in [6, 6.07) is 8.22. The summed E-state index contributed by atoms with van der Waals surface area (Å²) in [5.74, 6) is 0. The summed E-state index contributed by atoms with van der Waals surface area (Å²) in [6.07, 6.45) is 10.3. The molecule has 2 heterocycles. The van der Waals surface area contributed by atoms with Gasteiger partial charge >= 0.3 is 0 Å². The second kappa shape index (κ2) is 8.79. The smallest absolute Gasteiger partial charge is 0.107 e. The summed E-state index contributed by atoms with van der Waals surface area (Å²) in [4.78, 5) is 5.42. The molecule has 3 aliphatic rings. The molecular formula is C25H29ClN4O. The van der Waals surface area contributed by atoms with Crippen molar-refractivity contribution in [2.75, 3.05) is 20.3 Å². The molecule has 0 saturated heterocycles. The number of aryl methyl sites for hydroxylation is 1. The molecule has 1 fully saturated rings. The second-order valence-electron chi connectivity index (χ2n) is 9.06. The van der Waals surface area contributed by atoms with Gasteiger partial charge in [0.2, 0.25) is 0 Å². The molecule has 1 saturated carbocycles. The van der Waals surface area contributed by atoms with Gasteiger partial charge in [0.15, 0.2) is 0 Å². The zero-order chi connectivity index (χ0) is 21.3. The van der Waals surface area contributed by atoms with Gasteiger partial charge in [-0.2, -0.15) is 5.11 Å². The van der Waals surface area contributed by atoms with Crippen molar-refractivity contribution in [1.29, 1.82) is 0 Å². The van der Waals surface area contributed by atoms with E-state index in [0.29, 0.717) is 13.2 Å². The van der Waals surface area contributed by atoms with Crippen LogP contribution in [0.1, 0.15) is 67.5 Å².